The molecule has 0 heterocycles. The molecule has 184 valence electrons. The SMILES string of the molecule is CC(C)(C)[Si](C)(C)OCCC(C=O)CNS(=O)(=O)c1cc(C(F)(F)F)cc(C(F)(F)F)c1. The quantitative estimate of drug-likeness (QED) is 0.282. The van der Waals surface area contributed by atoms with Crippen molar-refractivity contribution in [1.82, 2.24) is 4.72 Å². The number of rotatable bonds is 9. The van der Waals surface area contributed by atoms with Crippen LogP contribution >= 0.6 is 0 Å². The Balaban J connectivity index is 2.99. The van der Waals surface area contributed by atoms with Gasteiger partial charge in [-0.15, -0.1) is 0 Å². The highest BCUT2D eigenvalue weighted by Crippen LogP contribution is 2.38. The highest BCUT2D eigenvalue weighted by molar-refractivity contribution is 7.89. The van der Waals surface area contributed by atoms with E-state index in [9.17, 15) is 39.6 Å². The van der Waals surface area contributed by atoms with E-state index >= 15 is 0 Å². The van der Waals surface area contributed by atoms with Crippen molar-refractivity contribution in [3.63, 3.8) is 0 Å². The summed E-state index contributed by atoms with van der Waals surface area (Å²) in [6.07, 6.45) is -9.77. The van der Waals surface area contributed by atoms with Gasteiger partial charge in [-0.05, 0) is 42.8 Å². The van der Waals surface area contributed by atoms with Gasteiger partial charge in [0.1, 0.15) is 6.29 Å². The molecule has 1 N–H and O–H groups in total. The minimum Gasteiger partial charge on any atom is -0.417 e. The molecule has 1 unspecified atom stereocenters. The molecule has 32 heavy (non-hydrogen) atoms. The van der Waals surface area contributed by atoms with E-state index in [1.807, 2.05) is 38.6 Å². The molecular formula is C19H27F6NO4SSi. The second-order valence-corrected chi connectivity index (χ2v) is 15.5. The highest BCUT2D eigenvalue weighted by atomic mass is 32.2. The lowest BCUT2D eigenvalue weighted by Gasteiger charge is -2.36. The van der Waals surface area contributed by atoms with Crippen LogP contribution in [-0.4, -0.2) is 36.2 Å². The number of nitrogens with one attached hydrogen (secondary N) is 1. The Hall–Kier alpha value is -1.44. The minimum absolute atomic E-state index is 0.0923. The summed E-state index contributed by atoms with van der Waals surface area (Å²) in [6.45, 7) is 9.65. The Bertz CT molecular complexity index is 876. The summed E-state index contributed by atoms with van der Waals surface area (Å²) in [5.74, 6) is -0.873. The van der Waals surface area contributed by atoms with Crippen LogP contribution in [0.2, 0.25) is 18.1 Å². The fraction of sp³-hybridized carbons (Fsp3) is 0.632. The normalized spacial score (nSPS) is 15.0. The van der Waals surface area contributed by atoms with Crippen LogP contribution in [0.15, 0.2) is 23.1 Å². The van der Waals surface area contributed by atoms with Gasteiger partial charge < -0.3 is 9.22 Å². The van der Waals surface area contributed by atoms with Crippen molar-refractivity contribution in [2.45, 2.75) is 62.6 Å². The number of sulfonamides is 1. The largest absolute Gasteiger partial charge is 0.417 e. The zero-order valence-corrected chi connectivity index (χ0v) is 20.1. The van der Waals surface area contributed by atoms with Crippen LogP contribution in [0.3, 0.4) is 0 Å². The minimum atomic E-state index is -5.18. The lowest BCUT2D eigenvalue weighted by atomic mass is 10.1. The number of carbonyl (C=O) groups excluding carboxylic acids is 1. The van der Waals surface area contributed by atoms with E-state index in [0.29, 0.717) is 6.29 Å². The molecule has 0 saturated carbocycles. The van der Waals surface area contributed by atoms with E-state index in [1.54, 1.807) is 0 Å². The fourth-order valence-corrected chi connectivity index (χ4v) is 4.51. The van der Waals surface area contributed by atoms with Gasteiger partial charge in [-0.25, -0.2) is 13.1 Å². The Morgan fingerprint density at radius 3 is 1.84 bits per heavy atom. The Morgan fingerprint density at radius 1 is 1.00 bits per heavy atom. The first-order valence-electron chi connectivity index (χ1n) is 9.59. The summed E-state index contributed by atoms with van der Waals surface area (Å²) in [4.78, 5) is 10.1. The zero-order valence-electron chi connectivity index (χ0n) is 18.3. The van der Waals surface area contributed by atoms with Crippen LogP contribution in [0.25, 0.3) is 0 Å². The van der Waals surface area contributed by atoms with Gasteiger partial charge in [-0.1, -0.05) is 20.8 Å². The van der Waals surface area contributed by atoms with Crippen molar-refractivity contribution in [3.8, 4) is 0 Å². The molecule has 0 aromatic heterocycles. The van der Waals surface area contributed by atoms with E-state index in [1.165, 1.54) is 0 Å². The Kier molecular flexibility index (Phi) is 8.77. The molecule has 0 spiro atoms. The second kappa shape index (κ2) is 9.81. The maximum absolute atomic E-state index is 13.0. The summed E-state index contributed by atoms with van der Waals surface area (Å²) in [5, 5.41) is -0.0923. The number of aldehydes is 1. The number of benzene rings is 1. The van der Waals surface area contributed by atoms with Crippen molar-refractivity contribution in [3.05, 3.63) is 29.3 Å². The molecule has 0 radical (unpaired) electrons. The van der Waals surface area contributed by atoms with E-state index in [4.69, 9.17) is 4.43 Å². The van der Waals surface area contributed by atoms with Crippen molar-refractivity contribution in [2.24, 2.45) is 5.92 Å². The third kappa shape index (κ3) is 7.85. The number of halogens is 6. The fourth-order valence-electron chi connectivity index (χ4n) is 2.28. The first-order chi connectivity index (χ1) is 14.2. The number of hydrogen-bond donors (Lipinski definition) is 1. The number of alkyl halides is 6. The van der Waals surface area contributed by atoms with Crippen LogP contribution in [-0.2, 0) is 31.6 Å². The van der Waals surface area contributed by atoms with Crippen LogP contribution in [0, 0.1) is 5.92 Å². The molecule has 1 rings (SSSR count). The van der Waals surface area contributed by atoms with Gasteiger partial charge in [0, 0.05) is 19.1 Å². The Labute approximate surface area is 184 Å². The van der Waals surface area contributed by atoms with Crippen molar-refractivity contribution < 1.29 is 44.0 Å². The summed E-state index contributed by atoms with van der Waals surface area (Å²) in [6, 6.07) is 0.0769. The van der Waals surface area contributed by atoms with Gasteiger partial charge in [0.2, 0.25) is 10.0 Å². The maximum atomic E-state index is 13.0. The van der Waals surface area contributed by atoms with Gasteiger partial charge in [0.25, 0.3) is 0 Å². The summed E-state index contributed by atoms with van der Waals surface area (Å²) < 4.78 is 110. The smallest absolute Gasteiger partial charge is 0.416 e. The molecule has 1 atom stereocenters. The lowest BCUT2D eigenvalue weighted by molar-refractivity contribution is -0.143. The van der Waals surface area contributed by atoms with Crippen molar-refractivity contribution >= 4 is 24.6 Å². The molecule has 1 aromatic carbocycles. The molecule has 0 aliphatic rings. The van der Waals surface area contributed by atoms with Gasteiger partial charge in [0.05, 0.1) is 16.0 Å². The molecular weight excluding hydrogens is 480 g/mol. The molecule has 0 saturated heterocycles. The molecule has 0 aliphatic heterocycles. The van der Waals surface area contributed by atoms with Crippen LogP contribution in [0.5, 0.6) is 0 Å². The zero-order chi connectivity index (χ0) is 25.2. The third-order valence-corrected chi connectivity index (χ3v) is 11.3. The number of carbonyl (C=O) groups is 1. The summed E-state index contributed by atoms with van der Waals surface area (Å²) in [7, 11) is -6.86. The number of hydrogen-bond acceptors (Lipinski definition) is 4. The average molecular weight is 508 g/mol. The Morgan fingerprint density at radius 2 is 1.47 bits per heavy atom. The molecule has 5 nitrogen and oxygen atoms in total. The molecule has 0 fully saturated rings. The maximum Gasteiger partial charge on any atom is 0.416 e. The van der Waals surface area contributed by atoms with Crippen molar-refractivity contribution in [1.29, 1.82) is 0 Å². The second-order valence-electron chi connectivity index (χ2n) is 8.89. The van der Waals surface area contributed by atoms with E-state index < -0.39 is 59.2 Å². The van der Waals surface area contributed by atoms with Gasteiger partial charge >= 0.3 is 12.4 Å². The topological polar surface area (TPSA) is 72.5 Å². The van der Waals surface area contributed by atoms with E-state index in [-0.39, 0.29) is 36.3 Å². The van der Waals surface area contributed by atoms with Crippen molar-refractivity contribution in [2.75, 3.05) is 13.2 Å². The summed E-state index contributed by atoms with van der Waals surface area (Å²) >= 11 is 0. The van der Waals surface area contributed by atoms with Gasteiger partial charge in [0.15, 0.2) is 8.32 Å². The van der Waals surface area contributed by atoms with E-state index in [2.05, 4.69) is 0 Å². The standard InChI is InChI=1S/C19H27F6NO4SSi/c1-17(2,3)32(4,5)30-7-6-13(12-27)11-26-31(28,29)16-9-14(18(20,21)22)8-15(10-16)19(23,24)25/h8-10,12-13,26H,6-7,11H2,1-5H3. The molecule has 13 heteroatoms. The molecule has 0 bridgehead atoms. The highest BCUT2D eigenvalue weighted by Gasteiger charge is 2.39. The van der Waals surface area contributed by atoms with Crippen LogP contribution in [0.4, 0.5) is 26.3 Å². The van der Waals surface area contributed by atoms with Gasteiger partial charge in [-0.3, -0.25) is 0 Å². The first kappa shape index (κ1) is 28.6. The average Bonchev–Trinajstić information content (AvgIpc) is 2.61. The van der Waals surface area contributed by atoms with Gasteiger partial charge in [-0.2, -0.15) is 26.3 Å². The first-order valence-corrected chi connectivity index (χ1v) is 14.0. The third-order valence-electron chi connectivity index (χ3n) is 5.36. The summed E-state index contributed by atoms with van der Waals surface area (Å²) in [5.41, 5.74) is -3.50. The van der Waals surface area contributed by atoms with Crippen LogP contribution < -0.4 is 4.72 Å². The lowest BCUT2D eigenvalue weighted by Crippen LogP contribution is -2.41. The predicted molar refractivity (Wildman–Crippen MR) is 109 cm³/mol. The molecule has 1 aromatic rings. The van der Waals surface area contributed by atoms with E-state index in [0.717, 1.165) is 0 Å². The molecule has 0 aliphatic carbocycles. The monoisotopic (exact) mass is 507 g/mol. The van der Waals surface area contributed by atoms with Crippen LogP contribution in [0.1, 0.15) is 38.3 Å². The molecule has 0 amide bonds. The predicted octanol–water partition coefficient (Wildman–Crippen LogP) is 5.23.